The number of nitriles is 1. The number of aryl methyl sites for hydroxylation is 1. The molecule has 0 saturated heterocycles. The lowest BCUT2D eigenvalue weighted by atomic mass is 9.96. The first-order valence-electron chi connectivity index (χ1n) is 13.8. The maximum absolute atomic E-state index is 14.1. The number of pyridine rings is 1. The number of hydrogen-bond donors (Lipinski definition) is 2. The molecule has 0 bridgehead atoms. The number of carbonyl (C=O) groups excluding carboxylic acids is 1. The van der Waals surface area contributed by atoms with E-state index in [0.717, 1.165) is 12.5 Å². The monoisotopic (exact) mass is 589 g/mol. The lowest BCUT2D eigenvalue weighted by molar-refractivity contribution is -0.138. The Labute approximate surface area is 246 Å². The first kappa shape index (κ1) is 29.7. The SMILES string of the molecule is CN(Cc1c(C=O)cc(CO)cc1C(F)(F)F)c1cc(-c2cc(C#N)ccc2-c2nncn2C)cc(NCCC2CC2)n1. The maximum atomic E-state index is 14.1. The number of aromatic nitrogens is 4. The lowest BCUT2D eigenvalue weighted by Crippen LogP contribution is -2.23. The van der Waals surface area contributed by atoms with E-state index in [2.05, 4.69) is 21.6 Å². The summed E-state index contributed by atoms with van der Waals surface area (Å²) in [5.41, 5.74) is 1.11. The smallest absolute Gasteiger partial charge is 0.392 e. The third-order valence-corrected chi connectivity index (χ3v) is 7.52. The molecule has 12 heteroatoms. The molecule has 1 aliphatic carbocycles. The lowest BCUT2D eigenvalue weighted by Gasteiger charge is -2.24. The molecule has 2 N–H and O–H groups in total. The van der Waals surface area contributed by atoms with Gasteiger partial charge in [0.25, 0.3) is 0 Å². The van der Waals surface area contributed by atoms with Crippen LogP contribution in [0.4, 0.5) is 24.8 Å². The molecule has 0 aliphatic heterocycles. The Balaban J connectivity index is 1.60. The number of anilines is 2. The van der Waals surface area contributed by atoms with E-state index in [9.17, 15) is 28.3 Å². The molecule has 2 aromatic heterocycles. The van der Waals surface area contributed by atoms with Crippen molar-refractivity contribution in [1.82, 2.24) is 19.7 Å². The molecule has 0 amide bonds. The highest BCUT2D eigenvalue weighted by Gasteiger charge is 2.35. The van der Waals surface area contributed by atoms with E-state index >= 15 is 0 Å². The Morgan fingerprint density at radius 2 is 1.98 bits per heavy atom. The topological polar surface area (TPSA) is 120 Å². The molecule has 2 aromatic carbocycles. The van der Waals surface area contributed by atoms with Gasteiger partial charge in [0.15, 0.2) is 5.82 Å². The van der Waals surface area contributed by atoms with Gasteiger partial charge in [-0.25, -0.2) is 4.98 Å². The van der Waals surface area contributed by atoms with Gasteiger partial charge in [-0.3, -0.25) is 4.79 Å². The Kier molecular flexibility index (Phi) is 8.45. The molecule has 9 nitrogen and oxygen atoms in total. The molecule has 0 radical (unpaired) electrons. The van der Waals surface area contributed by atoms with Gasteiger partial charge in [0.05, 0.1) is 23.8 Å². The van der Waals surface area contributed by atoms with E-state index < -0.39 is 18.3 Å². The molecule has 0 unspecified atom stereocenters. The van der Waals surface area contributed by atoms with Crippen molar-refractivity contribution in [2.24, 2.45) is 13.0 Å². The van der Waals surface area contributed by atoms with Gasteiger partial charge >= 0.3 is 6.18 Å². The van der Waals surface area contributed by atoms with Crippen LogP contribution in [-0.4, -0.2) is 44.7 Å². The van der Waals surface area contributed by atoms with Crippen molar-refractivity contribution >= 4 is 17.9 Å². The molecule has 1 aliphatic rings. The van der Waals surface area contributed by atoms with Gasteiger partial charge in [0.1, 0.15) is 24.2 Å². The van der Waals surface area contributed by atoms with Crippen LogP contribution in [0, 0.1) is 17.2 Å². The van der Waals surface area contributed by atoms with Crippen molar-refractivity contribution in [1.29, 1.82) is 5.26 Å². The number of aliphatic hydroxyl groups excluding tert-OH is 1. The van der Waals surface area contributed by atoms with Crippen molar-refractivity contribution in [2.75, 3.05) is 23.8 Å². The minimum Gasteiger partial charge on any atom is -0.392 e. The predicted molar refractivity (Wildman–Crippen MR) is 155 cm³/mol. The van der Waals surface area contributed by atoms with Gasteiger partial charge in [0, 0.05) is 38.3 Å². The summed E-state index contributed by atoms with van der Waals surface area (Å²) in [5.74, 6) is 2.13. The summed E-state index contributed by atoms with van der Waals surface area (Å²) in [7, 11) is 3.41. The molecule has 4 aromatic rings. The molecule has 2 heterocycles. The summed E-state index contributed by atoms with van der Waals surface area (Å²) in [6.07, 6.45) is 0.556. The van der Waals surface area contributed by atoms with Crippen LogP contribution in [0.1, 0.15) is 51.9 Å². The van der Waals surface area contributed by atoms with Crippen molar-refractivity contribution in [3.8, 4) is 28.6 Å². The van der Waals surface area contributed by atoms with E-state index in [1.54, 1.807) is 54.2 Å². The van der Waals surface area contributed by atoms with Crippen LogP contribution in [0.5, 0.6) is 0 Å². The number of nitrogens with zero attached hydrogens (tertiary/aromatic N) is 6. The van der Waals surface area contributed by atoms with Gasteiger partial charge < -0.3 is 19.9 Å². The second-order valence-corrected chi connectivity index (χ2v) is 10.7. The molecule has 1 saturated carbocycles. The summed E-state index contributed by atoms with van der Waals surface area (Å²) in [6.45, 7) is -0.231. The number of benzene rings is 2. The van der Waals surface area contributed by atoms with Crippen molar-refractivity contribution < 1.29 is 23.1 Å². The summed E-state index contributed by atoms with van der Waals surface area (Å²) in [4.78, 5) is 18.1. The number of halogens is 3. The first-order chi connectivity index (χ1) is 20.6. The molecule has 222 valence electrons. The number of carbonyl (C=O) groups is 1. The average Bonchev–Trinajstić information content (AvgIpc) is 3.73. The van der Waals surface area contributed by atoms with Crippen molar-refractivity contribution in [3.63, 3.8) is 0 Å². The average molecular weight is 590 g/mol. The summed E-state index contributed by atoms with van der Waals surface area (Å²) in [6, 6.07) is 13.1. The number of rotatable bonds is 11. The van der Waals surface area contributed by atoms with Crippen LogP contribution in [0.3, 0.4) is 0 Å². The van der Waals surface area contributed by atoms with Crippen LogP contribution < -0.4 is 10.2 Å². The van der Waals surface area contributed by atoms with Gasteiger partial charge in [0.2, 0.25) is 0 Å². The summed E-state index contributed by atoms with van der Waals surface area (Å²) in [5, 5.41) is 30.7. The molecular weight excluding hydrogens is 559 g/mol. The highest BCUT2D eigenvalue weighted by atomic mass is 19.4. The second kappa shape index (κ2) is 12.2. The van der Waals surface area contributed by atoms with Crippen LogP contribution in [0.2, 0.25) is 0 Å². The number of nitrogens with one attached hydrogen (secondary N) is 1. The maximum Gasteiger partial charge on any atom is 0.416 e. The number of alkyl halides is 3. The fraction of sp³-hybridized carbons (Fsp3) is 0.323. The van der Waals surface area contributed by atoms with Gasteiger partial charge in [-0.1, -0.05) is 12.8 Å². The largest absolute Gasteiger partial charge is 0.416 e. The third kappa shape index (κ3) is 6.67. The first-order valence-corrected chi connectivity index (χ1v) is 13.8. The predicted octanol–water partition coefficient (Wildman–Crippen LogP) is 5.59. The van der Waals surface area contributed by atoms with Crippen LogP contribution in [-0.2, 0) is 26.4 Å². The van der Waals surface area contributed by atoms with Crippen LogP contribution >= 0.6 is 0 Å². The summed E-state index contributed by atoms with van der Waals surface area (Å²) >= 11 is 0. The fourth-order valence-corrected chi connectivity index (χ4v) is 5.04. The van der Waals surface area contributed by atoms with Crippen LogP contribution in [0.25, 0.3) is 22.5 Å². The normalized spacial score (nSPS) is 13.0. The minimum atomic E-state index is -4.74. The molecule has 0 spiro atoms. The van der Waals surface area contributed by atoms with Crippen molar-refractivity contribution in [2.45, 2.75) is 38.6 Å². The quantitative estimate of drug-likeness (QED) is 0.217. The van der Waals surface area contributed by atoms with E-state index in [1.165, 1.54) is 18.9 Å². The Morgan fingerprint density at radius 3 is 2.60 bits per heavy atom. The van der Waals surface area contributed by atoms with Crippen molar-refractivity contribution in [3.05, 3.63) is 76.6 Å². The fourth-order valence-electron chi connectivity index (χ4n) is 5.04. The number of hydrogen-bond acceptors (Lipinski definition) is 8. The number of aliphatic hydroxyl groups is 1. The zero-order valence-electron chi connectivity index (χ0n) is 23.7. The zero-order chi connectivity index (χ0) is 30.7. The highest BCUT2D eigenvalue weighted by Crippen LogP contribution is 2.38. The van der Waals surface area contributed by atoms with Crippen LogP contribution in [0.15, 0.2) is 48.8 Å². The second-order valence-electron chi connectivity index (χ2n) is 10.7. The Bertz CT molecular complexity index is 1690. The molecule has 5 rings (SSSR count). The molecule has 43 heavy (non-hydrogen) atoms. The van der Waals surface area contributed by atoms with Gasteiger partial charge in [-0.15, -0.1) is 10.2 Å². The molecule has 1 fully saturated rings. The molecular formula is C31H30F3N7O2. The van der Waals surface area contributed by atoms with E-state index in [1.807, 2.05) is 6.07 Å². The minimum absolute atomic E-state index is 0.00298. The zero-order valence-corrected chi connectivity index (χ0v) is 23.7. The Hall–Kier alpha value is -4.76. The van der Waals surface area contributed by atoms with Gasteiger partial charge in [-0.2, -0.15) is 18.4 Å². The van der Waals surface area contributed by atoms with E-state index in [0.29, 0.717) is 58.5 Å². The van der Waals surface area contributed by atoms with E-state index in [-0.39, 0.29) is 23.2 Å². The van der Waals surface area contributed by atoms with E-state index in [4.69, 9.17) is 4.98 Å². The third-order valence-electron chi connectivity index (χ3n) is 7.52. The van der Waals surface area contributed by atoms with Gasteiger partial charge in [-0.05, 0) is 77.1 Å². The number of aldehydes is 1. The molecule has 0 atom stereocenters. The highest BCUT2D eigenvalue weighted by molar-refractivity contribution is 5.84. The summed E-state index contributed by atoms with van der Waals surface area (Å²) < 4.78 is 44.0. The Morgan fingerprint density at radius 1 is 1.19 bits per heavy atom. The standard InChI is InChI=1S/C31H30F3N7O2/c1-40(15-26-23(17-43)9-21(16-42)11-27(26)31(32,33)34)29-13-22(12-28(38-29)36-8-7-19-3-4-19)25-10-20(14-35)5-6-24(25)30-39-37-18-41(30)2/h5-6,9-13,17-19,42H,3-4,7-8,15-16H2,1-2H3,(H,36,38).